The fraction of sp³-hybridized carbons (Fsp3) is 0.692. The molecule has 0 bridgehead atoms. The summed E-state index contributed by atoms with van der Waals surface area (Å²) in [5.74, 6) is -0.212. The van der Waals surface area contributed by atoms with E-state index in [-0.39, 0.29) is 5.91 Å². The van der Waals surface area contributed by atoms with E-state index in [0.717, 1.165) is 37.1 Å². The molecule has 0 unspecified atom stereocenters. The van der Waals surface area contributed by atoms with Gasteiger partial charge in [0.05, 0.1) is 6.07 Å². The lowest BCUT2D eigenvalue weighted by molar-refractivity contribution is -0.123. The molecule has 0 saturated heterocycles. The summed E-state index contributed by atoms with van der Waals surface area (Å²) < 4.78 is 0. The summed E-state index contributed by atoms with van der Waals surface area (Å²) in [7, 11) is 0. The van der Waals surface area contributed by atoms with Gasteiger partial charge in [0.15, 0.2) is 0 Å². The summed E-state index contributed by atoms with van der Waals surface area (Å²) in [6.07, 6.45) is 6.19. The van der Waals surface area contributed by atoms with Gasteiger partial charge in [0.1, 0.15) is 10.4 Å². The molecule has 1 amide bonds. The van der Waals surface area contributed by atoms with E-state index in [9.17, 15) is 10.1 Å². The summed E-state index contributed by atoms with van der Waals surface area (Å²) in [6.45, 7) is 1.99. The van der Waals surface area contributed by atoms with E-state index in [4.69, 9.17) is 0 Å². The van der Waals surface area contributed by atoms with Crippen LogP contribution in [0.15, 0.2) is 0 Å². The number of anilines is 1. The highest BCUT2D eigenvalue weighted by Crippen LogP contribution is 2.35. The molecule has 1 aliphatic rings. The maximum absolute atomic E-state index is 12.4. The number of nitrogens with one attached hydrogen (secondary N) is 1. The molecule has 1 aromatic heterocycles. The van der Waals surface area contributed by atoms with Gasteiger partial charge in [-0.05, 0) is 19.3 Å². The number of aryl methyl sites for hydroxylation is 1. The second-order valence-corrected chi connectivity index (χ2v) is 5.98. The Morgan fingerprint density at radius 1 is 1.37 bits per heavy atom. The van der Waals surface area contributed by atoms with Crippen LogP contribution in [0.4, 0.5) is 5.13 Å². The Hall–Kier alpha value is -1.48. The van der Waals surface area contributed by atoms with E-state index in [1.165, 1.54) is 11.3 Å². The van der Waals surface area contributed by atoms with E-state index in [0.29, 0.717) is 18.0 Å². The minimum absolute atomic E-state index is 0.212. The summed E-state index contributed by atoms with van der Waals surface area (Å²) in [5.41, 5.74) is -0.880. The van der Waals surface area contributed by atoms with Gasteiger partial charge in [-0.3, -0.25) is 10.1 Å². The molecule has 0 aliphatic heterocycles. The lowest BCUT2D eigenvalue weighted by Gasteiger charge is -2.22. The molecule has 1 aromatic rings. The molecule has 0 aromatic carbocycles. The second-order valence-electron chi connectivity index (χ2n) is 4.92. The molecule has 0 spiro atoms. The summed E-state index contributed by atoms with van der Waals surface area (Å²) in [4.78, 5) is 12.4. The fourth-order valence-corrected chi connectivity index (χ4v) is 3.06. The molecule has 0 radical (unpaired) electrons. The van der Waals surface area contributed by atoms with Crippen LogP contribution in [0.1, 0.15) is 50.5 Å². The second kappa shape index (κ2) is 6.11. The topological polar surface area (TPSA) is 78.7 Å². The van der Waals surface area contributed by atoms with Crippen molar-refractivity contribution >= 4 is 22.4 Å². The molecule has 1 N–H and O–H groups in total. The van der Waals surface area contributed by atoms with Crippen LogP contribution < -0.4 is 5.32 Å². The molecule has 1 heterocycles. The maximum Gasteiger partial charge on any atom is 0.246 e. The number of hydrogen-bond acceptors (Lipinski definition) is 5. The van der Waals surface area contributed by atoms with E-state index in [1.54, 1.807) is 0 Å². The van der Waals surface area contributed by atoms with Crippen molar-refractivity contribution in [2.24, 2.45) is 5.41 Å². The number of nitriles is 1. The standard InChI is InChI=1S/C13H18N4OS/c1-2-10-16-17-12(19-10)15-11(18)13(9-14)7-5-3-4-6-8-13/h2-8H2,1H3,(H,15,17,18). The number of nitrogens with zero attached hydrogens (tertiary/aromatic N) is 3. The number of hydrogen-bond donors (Lipinski definition) is 1. The highest BCUT2D eigenvalue weighted by atomic mass is 32.1. The van der Waals surface area contributed by atoms with Crippen molar-refractivity contribution in [3.63, 3.8) is 0 Å². The van der Waals surface area contributed by atoms with E-state index < -0.39 is 5.41 Å². The van der Waals surface area contributed by atoms with Crippen LogP contribution in [0.5, 0.6) is 0 Å². The Kier molecular flexibility index (Phi) is 4.48. The Balaban J connectivity index is 2.10. The minimum Gasteiger partial charge on any atom is -0.299 e. The zero-order valence-electron chi connectivity index (χ0n) is 11.1. The first-order valence-corrected chi connectivity index (χ1v) is 7.57. The van der Waals surface area contributed by atoms with Gasteiger partial charge in [0.25, 0.3) is 0 Å². The number of amides is 1. The predicted molar refractivity (Wildman–Crippen MR) is 73.7 cm³/mol. The van der Waals surface area contributed by atoms with Crippen molar-refractivity contribution in [1.82, 2.24) is 10.2 Å². The first-order valence-electron chi connectivity index (χ1n) is 6.75. The third kappa shape index (κ3) is 3.10. The predicted octanol–water partition coefficient (Wildman–Crippen LogP) is 2.90. The molecule has 1 fully saturated rings. The van der Waals surface area contributed by atoms with Crippen molar-refractivity contribution in [2.75, 3.05) is 5.32 Å². The quantitative estimate of drug-likeness (QED) is 0.862. The van der Waals surface area contributed by atoms with Crippen LogP contribution in [0.25, 0.3) is 0 Å². The van der Waals surface area contributed by atoms with E-state index >= 15 is 0 Å². The molecule has 6 heteroatoms. The smallest absolute Gasteiger partial charge is 0.246 e. The lowest BCUT2D eigenvalue weighted by atomic mass is 9.81. The summed E-state index contributed by atoms with van der Waals surface area (Å²) in [5, 5.41) is 21.5. The van der Waals surface area contributed by atoms with Crippen molar-refractivity contribution in [3.8, 4) is 6.07 Å². The Morgan fingerprint density at radius 2 is 2.05 bits per heavy atom. The van der Waals surface area contributed by atoms with E-state index in [1.807, 2.05) is 6.92 Å². The normalized spacial score (nSPS) is 18.3. The number of rotatable bonds is 3. The molecule has 2 rings (SSSR count). The molecule has 102 valence electrons. The minimum atomic E-state index is -0.880. The maximum atomic E-state index is 12.4. The van der Waals surface area contributed by atoms with Gasteiger partial charge >= 0.3 is 0 Å². The van der Waals surface area contributed by atoms with Gasteiger partial charge < -0.3 is 0 Å². The van der Waals surface area contributed by atoms with Crippen LogP contribution >= 0.6 is 11.3 Å². The first kappa shape index (κ1) is 13.9. The Labute approximate surface area is 117 Å². The summed E-state index contributed by atoms with van der Waals surface area (Å²) >= 11 is 1.38. The fourth-order valence-electron chi connectivity index (χ4n) is 2.39. The van der Waals surface area contributed by atoms with Gasteiger partial charge in [-0.15, -0.1) is 10.2 Å². The van der Waals surface area contributed by atoms with Crippen LogP contribution in [0.3, 0.4) is 0 Å². The molecular formula is C13H18N4OS. The number of carbonyl (C=O) groups is 1. The van der Waals surface area contributed by atoms with Crippen molar-refractivity contribution in [3.05, 3.63) is 5.01 Å². The monoisotopic (exact) mass is 278 g/mol. The Morgan fingerprint density at radius 3 is 2.58 bits per heavy atom. The van der Waals surface area contributed by atoms with Gasteiger partial charge in [-0.25, -0.2) is 0 Å². The lowest BCUT2D eigenvalue weighted by Crippen LogP contribution is -2.34. The summed E-state index contributed by atoms with van der Waals surface area (Å²) in [6, 6.07) is 2.24. The number of aromatic nitrogens is 2. The van der Waals surface area contributed by atoms with Crippen LogP contribution in [-0.4, -0.2) is 16.1 Å². The van der Waals surface area contributed by atoms with Crippen molar-refractivity contribution < 1.29 is 4.79 Å². The SMILES string of the molecule is CCc1nnc(NC(=O)C2(C#N)CCCCCC2)s1. The van der Waals surface area contributed by atoms with Gasteiger partial charge in [-0.1, -0.05) is 43.9 Å². The van der Waals surface area contributed by atoms with Gasteiger partial charge in [0.2, 0.25) is 11.0 Å². The average molecular weight is 278 g/mol. The first-order chi connectivity index (χ1) is 9.20. The van der Waals surface area contributed by atoms with Crippen LogP contribution in [0, 0.1) is 16.7 Å². The average Bonchev–Trinajstić information content (AvgIpc) is 2.74. The number of carbonyl (C=O) groups excluding carboxylic acids is 1. The molecule has 1 saturated carbocycles. The zero-order chi connectivity index (χ0) is 13.7. The van der Waals surface area contributed by atoms with Gasteiger partial charge in [0, 0.05) is 0 Å². The zero-order valence-corrected chi connectivity index (χ0v) is 11.9. The largest absolute Gasteiger partial charge is 0.299 e. The molecule has 1 aliphatic carbocycles. The Bertz CT molecular complexity index is 483. The molecule has 5 nitrogen and oxygen atoms in total. The third-order valence-electron chi connectivity index (χ3n) is 3.60. The van der Waals surface area contributed by atoms with Crippen molar-refractivity contribution in [2.45, 2.75) is 51.9 Å². The molecular weight excluding hydrogens is 260 g/mol. The van der Waals surface area contributed by atoms with Crippen LogP contribution in [-0.2, 0) is 11.2 Å². The highest BCUT2D eigenvalue weighted by molar-refractivity contribution is 7.15. The molecule has 0 atom stereocenters. The van der Waals surface area contributed by atoms with Crippen LogP contribution in [0.2, 0.25) is 0 Å². The third-order valence-corrected chi connectivity index (χ3v) is 4.58. The van der Waals surface area contributed by atoms with E-state index in [2.05, 4.69) is 21.6 Å². The molecule has 19 heavy (non-hydrogen) atoms. The van der Waals surface area contributed by atoms with Crippen molar-refractivity contribution in [1.29, 1.82) is 5.26 Å². The highest BCUT2D eigenvalue weighted by Gasteiger charge is 2.39. The van der Waals surface area contributed by atoms with Gasteiger partial charge in [-0.2, -0.15) is 5.26 Å².